The van der Waals surface area contributed by atoms with Gasteiger partial charge in [0.1, 0.15) is 6.26 Å². The monoisotopic (exact) mass is 304 g/mol. The Labute approximate surface area is 131 Å². The average molecular weight is 304 g/mol. The molecule has 0 radical (unpaired) electrons. The molecule has 0 aromatic carbocycles. The second-order valence-corrected chi connectivity index (χ2v) is 6.97. The van der Waals surface area contributed by atoms with E-state index in [1.807, 2.05) is 0 Å². The quantitative estimate of drug-likeness (QED) is 0.852. The first kappa shape index (κ1) is 14.3. The lowest BCUT2D eigenvalue weighted by molar-refractivity contribution is -0.0156. The van der Waals surface area contributed by atoms with Crippen molar-refractivity contribution in [2.45, 2.75) is 31.4 Å². The Morgan fingerprint density at radius 3 is 2.91 bits per heavy atom. The van der Waals surface area contributed by atoms with E-state index < -0.39 is 0 Å². The van der Waals surface area contributed by atoms with Crippen molar-refractivity contribution >= 4 is 5.91 Å². The van der Waals surface area contributed by atoms with Gasteiger partial charge in [-0.25, -0.2) is 0 Å². The van der Waals surface area contributed by atoms with Gasteiger partial charge in [-0.1, -0.05) is 0 Å². The summed E-state index contributed by atoms with van der Waals surface area (Å²) in [6.07, 6.45) is 7.08. The summed E-state index contributed by atoms with van der Waals surface area (Å²) in [6, 6.07) is 2.04. The maximum atomic E-state index is 12.7. The molecule has 5 nitrogen and oxygen atoms in total. The van der Waals surface area contributed by atoms with Gasteiger partial charge in [-0.05, 0) is 31.2 Å². The fourth-order valence-corrected chi connectivity index (χ4v) is 4.15. The number of ether oxygens (including phenoxy) is 1. The largest absolute Gasteiger partial charge is 0.472 e. The Morgan fingerprint density at radius 1 is 1.36 bits per heavy atom. The number of piperidine rings is 1. The minimum Gasteiger partial charge on any atom is -0.472 e. The van der Waals surface area contributed by atoms with Crippen molar-refractivity contribution in [3.8, 4) is 0 Å². The standard InChI is InChI=1S/C17H24N2O3/c1-21-16-4-6-19(17(20)13-5-7-22-11-13)15-10-18(9-14(15)16)8-12-2-3-12/h5,7,11-12,14-16H,2-4,6,8-10H2,1H3/t14-,15+,16-/m1/s1. The van der Waals surface area contributed by atoms with Gasteiger partial charge in [0.15, 0.2) is 0 Å². The summed E-state index contributed by atoms with van der Waals surface area (Å²) in [6.45, 7) is 4.03. The van der Waals surface area contributed by atoms with Gasteiger partial charge in [-0.15, -0.1) is 0 Å². The van der Waals surface area contributed by atoms with Gasteiger partial charge in [-0.3, -0.25) is 4.79 Å². The van der Waals surface area contributed by atoms with E-state index in [9.17, 15) is 4.79 Å². The first-order valence-electron chi connectivity index (χ1n) is 8.34. The van der Waals surface area contributed by atoms with Crippen LogP contribution >= 0.6 is 0 Å². The van der Waals surface area contributed by atoms with Crippen LogP contribution in [0.4, 0.5) is 0 Å². The molecule has 1 saturated carbocycles. The molecule has 1 amide bonds. The highest BCUT2D eigenvalue weighted by molar-refractivity contribution is 5.94. The SMILES string of the molecule is CO[C@@H]1CCN(C(=O)c2ccoc2)[C@H]2CN(CC3CC3)C[C@@H]12. The van der Waals surface area contributed by atoms with Gasteiger partial charge >= 0.3 is 0 Å². The number of amides is 1. The van der Waals surface area contributed by atoms with Crippen LogP contribution in [0.5, 0.6) is 0 Å². The molecule has 0 unspecified atom stereocenters. The summed E-state index contributed by atoms with van der Waals surface area (Å²) >= 11 is 0. The lowest BCUT2D eigenvalue weighted by Crippen LogP contribution is -2.53. The van der Waals surface area contributed by atoms with E-state index in [4.69, 9.17) is 9.15 Å². The molecule has 22 heavy (non-hydrogen) atoms. The van der Waals surface area contributed by atoms with Crippen LogP contribution in [-0.4, -0.2) is 61.1 Å². The zero-order chi connectivity index (χ0) is 15.1. The normalized spacial score (nSPS) is 32.2. The Morgan fingerprint density at radius 2 is 2.23 bits per heavy atom. The number of furan rings is 1. The molecule has 3 aliphatic rings. The number of carbonyl (C=O) groups excluding carboxylic acids is 1. The zero-order valence-corrected chi connectivity index (χ0v) is 13.1. The number of rotatable bonds is 4. The predicted octanol–water partition coefficient (Wildman–Crippen LogP) is 1.85. The first-order valence-corrected chi connectivity index (χ1v) is 8.34. The number of hydrogen-bond acceptors (Lipinski definition) is 4. The van der Waals surface area contributed by atoms with E-state index >= 15 is 0 Å². The Balaban J connectivity index is 1.52. The average Bonchev–Trinajstić information content (AvgIpc) is 3.03. The minimum atomic E-state index is 0.103. The van der Waals surface area contributed by atoms with Crippen LogP contribution in [0.2, 0.25) is 0 Å². The second kappa shape index (κ2) is 5.70. The summed E-state index contributed by atoms with van der Waals surface area (Å²) in [5.74, 6) is 1.43. The molecule has 1 aromatic rings. The van der Waals surface area contributed by atoms with Crippen molar-refractivity contribution in [2.24, 2.45) is 11.8 Å². The topological polar surface area (TPSA) is 45.9 Å². The molecule has 2 saturated heterocycles. The zero-order valence-electron chi connectivity index (χ0n) is 13.1. The summed E-state index contributed by atoms with van der Waals surface area (Å²) in [5, 5.41) is 0. The summed E-state index contributed by atoms with van der Waals surface area (Å²) in [4.78, 5) is 17.3. The van der Waals surface area contributed by atoms with E-state index in [0.29, 0.717) is 11.5 Å². The molecule has 0 N–H and O–H groups in total. The molecule has 0 spiro atoms. The van der Waals surface area contributed by atoms with Crippen LogP contribution in [0.3, 0.4) is 0 Å². The summed E-state index contributed by atoms with van der Waals surface area (Å²) in [7, 11) is 1.80. The third-order valence-electron chi connectivity index (χ3n) is 5.49. The fraction of sp³-hybridized carbons (Fsp3) is 0.706. The van der Waals surface area contributed by atoms with Gasteiger partial charge in [0.25, 0.3) is 5.91 Å². The van der Waals surface area contributed by atoms with E-state index in [2.05, 4.69) is 9.80 Å². The van der Waals surface area contributed by atoms with Crippen LogP contribution in [0, 0.1) is 11.8 Å². The molecule has 1 aromatic heterocycles. The lowest BCUT2D eigenvalue weighted by atomic mass is 9.88. The smallest absolute Gasteiger partial charge is 0.257 e. The number of nitrogens with zero attached hydrogens (tertiary/aromatic N) is 2. The predicted molar refractivity (Wildman–Crippen MR) is 81.6 cm³/mol. The lowest BCUT2D eigenvalue weighted by Gasteiger charge is -2.41. The van der Waals surface area contributed by atoms with Crippen LogP contribution in [0.15, 0.2) is 23.0 Å². The van der Waals surface area contributed by atoms with E-state index in [1.165, 1.54) is 19.4 Å². The van der Waals surface area contributed by atoms with Crippen LogP contribution in [-0.2, 0) is 4.74 Å². The van der Waals surface area contributed by atoms with Crippen molar-refractivity contribution in [3.05, 3.63) is 24.2 Å². The number of likely N-dealkylation sites (tertiary alicyclic amines) is 2. The first-order chi connectivity index (χ1) is 10.8. The van der Waals surface area contributed by atoms with Gasteiger partial charge < -0.3 is 19.0 Å². The van der Waals surface area contributed by atoms with Crippen molar-refractivity contribution < 1.29 is 13.9 Å². The number of carbonyl (C=O) groups is 1. The molecule has 3 atom stereocenters. The number of hydrogen-bond donors (Lipinski definition) is 0. The maximum Gasteiger partial charge on any atom is 0.257 e. The Hall–Kier alpha value is -1.33. The van der Waals surface area contributed by atoms with Crippen LogP contribution in [0.1, 0.15) is 29.6 Å². The number of methoxy groups -OCH3 is 1. The summed E-state index contributed by atoms with van der Waals surface area (Å²) < 4.78 is 10.8. The second-order valence-electron chi connectivity index (χ2n) is 6.97. The molecule has 5 heteroatoms. The molecule has 0 bridgehead atoms. The van der Waals surface area contributed by atoms with Gasteiger partial charge in [-0.2, -0.15) is 0 Å². The minimum absolute atomic E-state index is 0.103. The van der Waals surface area contributed by atoms with Gasteiger partial charge in [0, 0.05) is 39.2 Å². The molecular weight excluding hydrogens is 280 g/mol. The molecule has 3 fully saturated rings. The Kier molecular flexibility index (Phi) is 3.70. The van der Waals surface area contributed by atoms with Crippen molar-refractivity contribution in [1.82, 2.24) is 9.80 Å². The third-order valence-corrected chi connectivity index (χ3v) is 5.49. The summed E-state index contributed by atoms with van der Waals surface area (Å²) in [5.41, 5.74) is 0.662. The number of fused-ring (bicyclic) bond motifs is 1. The van der Waals surface area contributed by atoms with Crippen LogP contribution in [0.25, 0.3) is 0 Å². The molecule has 1 aliphatic carbocycles. The van der Waals surface area contributed by atoms with Crippen molar-refractivity contribution in [1.29, 1.82) is 0 Å². The van der Waals surface area contributed by atoms with Crippen molar-refractivity contribution in [2.75, 3.05) is 33.3 Å². The molecule has 2 aliphatic heterocycles. The van der Waals surface area contributed by atoms with E-state index in [0.717, 1.165) is 32.0 Å². The van der Waals surface area contributed by atoms with Crippen LogP contribution < -0.4 is 0 Å². The van der Waals surface area contributed by atoms with Crippen molar-refractivity contribution in [3.63, 3.8) is 0 Å². The van der Waals surface area contributed by atoms with Gasteiger partial charge in [0.2, 0.25) is 0 Å². The third kappa shape index (κ3) is 2.57. The highest BCUT2D eigenvalue weighted by Crippen LogP contribution is 2.36. The fourth-order valence-electron chi connectivity index (χ4n) is 4.15. The highest BCUT2D eigenvalue weighted by atomic mass is 16.5. The molecule has 3 heterocycles. The van der Waals surface area contributed by atoms with Gasteiger partial charge in [0.05, 0.1) is 24.0 Å². The molecular formula is C17H24N2O3. The molecule has 4 rings (SSSR count). The van der Waals surface area contributed by atoms with E-state index in [-0.39, 0.29) is 18.1 Å². The molecule has 120 valence electrons. The Bertz CT molecular complexity index is 526. The maximum absolute atomic E-state index is 12.7. The van der Waals surface area contributed by atoms with E-state index in [1.54, 1.807) is 25.7 Å². The highest BCUT2D eigenvalue weighted by Gasteiger charge is 2.46.